The molecule has 3 N–H and O–H groups in total. The van der Waals surface area contributed by atoms with Crippen molar-refractivity contribution in [3.05, 3.63) is 21.4 Å². The number of hydrogen-bond donors (Lipinski definition) is 3. The average Bonchev–Trinajstić information content (AvgIpc) is 2.96. The van der Waals surface area contributed by atoms with E-state index in [2.05, 4.69) is 22.9 Å². The highest BCUT2D eigenvalue weighted by Crippen LogP contribution is 2.29. The Bertz CT molecular complexity index is 496. The van der Waals surface area contributed by atoms with Crippen LogP contribution in [-0.2, 0) is 17.6 Å². The fourth-order valence-corrected chi connectivity index (χ4v) is 3.67. The third kappa shape index (κ3) is 6.49. The maximum absolute atomic E-state index is 12.1. The molecule has 0 aliphatic heterocycles. The van der Waals surface area contributed by atoms with Crippen molar-refractivity contribution in [1.29, 1.82) is 0 Å². The molecule has 2 amide bonds. The molecule has 1 aromatic heterocycles. The van der Waals surface area contributed by atoms with Crippen molar-refractivity contribution in [3.8, 4) is 0 Å². The van der Waals surface area contributed by atoms with Crippen LogP contribution in [0.4, 0.5) is 0 Å². The van der Waals surface area contributed by atoms with Gasteiger partial charge in [0.15, 0.2) is 0 Å². The molecule has 23 heavy (non-hydrogen) atoms. The number of thiophene rings is 1. The van der Waals surface area contributed by atoms with Crippen LogP contribution in [0.25, 0.3) is 0 Å². The van der Waals surface area contributed by atoms with E-state index in [1.807, 2.05) is 6.07 Å². The molecule has 7 heteroatoms. The number of aryl methyl sites for hydroxylation is 2. The van der Waals surface area contributed by atoms with Crippen molar-refractivity contribution >= 4 is 35.6 Å². The van der Waals surface area contributed by atoms with Gasteiger partial charge >= 0.3 is 0 Å². The molecule has 0 bridgehead atoms. The van der Waals surface area contributed by atoms with Gasteiger partial charge in [0.05, 0.1) is 11.4 Å². The van der Waals surface area contributed by atoms with Gasteiger partial charge in [0.25, 0.3) is 5.91 Å². The van der Waals surface area contributed by atoms with E-state index in [1.54, 1.807) is 11.3 Å². The highest BCUT2D eigenvalue weighted by atomic mass is 35.5. The molecule has 0 spiro atoms. The molecule has 0 saturated heterocycles. The molecule has 130 valence electrons. The smallest absolute Gasteiger partial charge is 0.261 e. The molecule has 1 aromatic rings. The van der Waals surface area contributed by atoms with Crippen LogP contribution in [0.1, 0.15) is 46.3 Å². The van der Waals surface area contributed by atoms with Crippen molar-refractivity contribution in [2.75, 3.05) is 26.2 Å². The minimum absolute atomic E-state index is 0. The Kier molecular flexibility index (Phi) is 9.21. The fourth-order valence-electron chi connectivity index (χ4n) is 2.50. The highest BCUT2D eigenvalue weighted by molar-refractivity contribution is 7.14. The molecule has 0 atom stereocenters. The van der Waals surface area contributed by atoms with E-state index in [1.165, 1.54) is 23.3 Å². The SMILES string of the molecule is CCCNCCNC(=O)CNC(=O)c1cc2c(s1)CCCC2.Cl. The third-order valence-electron chi connectivity index (χ3n) is 3.68. The van der Waals surface area contributed by atoms with Gasteiger partial charge in [-0.1, -0.05) is 6.92 Å². The minimum Gasteiger partial charge on any atom is -0.353 e. The van der Waals surface area contributed by atoms with Gasteiger partial charge in [-0.05, 0) is 50.3 Å². The fraction of sp³-hybridized carbons (Fsp3) is 0.625. The first-order valence-electron chi connectivity index (χ1n) is 8.08. The van der Waals surface area contributed by atoms with Gasteiger partial charge in [-0.2, -0.15) is 0 Å². The largest absolute Gasteiger partial charge is 0.353 e. The Morgan fingerprint density at radius 1 is 1.13 bits per heavy atom. The lowest BCUT2D eigenvalue weighted by atomic mass is 9.99. The van der Waals surface area contributed by atoms with Gasteiger partial charge < -0.3 is 16.0 Å². The molecule has 5 nitrogen and oxygen atoms in total. The van der Waals surface area contributed by atoms with Gasteiger partial charge in [-0.3, -0.25) is 9.59 Å². The van der Waals surface area contributed by atoms with Crippen molar-refractivity contribution < 1.29 is 9.59 Å². The van der Waals surface area contributed by atoms with Crippen LogP contribution in [0.2, 0.25) is 0 Å². The maximum atomic E-state index is 12.1. The number of amides is 2. The second kappa shape index (κ2) is 10.6. The van der Waals surface area contributed by atoms with E-state index in [9.17, 15) is 9.59 Å². The summed E-state index contributed by atoms with van der Waals surface area (Å²) in [7, 11) is 0. The zero-order chi connectivity index (χ0) is 15.8. The minimum atomic E-state index is -0.145. The highest BCUT2D eigenvalue weighted by Gasteiger charge is 2.17. The van der Waals surface area contributed by atoms with E-state index < -0.39 is 0 Å². The Morgan fingerprint density at radius 3 is 2.65 bits per heavy atom. The van der Waals surface area contributed by atoms with Crippen LogP contribution in [0.15, 0.2) is 6.07 Å². The van der Waals surface area contributed by atoms with Crippen LogP contribution in [-0.4, -0.2) is 38.0 Å². The molecule has 1 aliphatic carbocycles. The Labute approximate surface area is 148 Å². The molecular weight excluding hydrogens is 334 g/mol. The van der Waals surface area contributed by atoms with E-state index in [4.69, 9.17) is 0 Å². The summed E-state index contributed by atoms with van der Waals surface area (Å²) in [5, 5.41) is 8.69. The quantitative estimate of drug-likeness (QED) is 0.621. The average molecular weight is 360 g/mol. The van der Waals surface area contributed by atoms with Crippen LogP contribution in [0.3, 0.4) is 0 Å². The van der Waals surface area contributed by atoms with Crippen LogP contribution >= 0.6 is 23.7 Å². The lowest BCUT2D eigenvalue weighted by molar-refractivity contribution is -0.120. The number of fused-ring (bicyclic) bond motifs is 1. The Morgan fingerprint density at radius 2 is 1.91 bits per heavy atom. The first-order chi connectivity index (χ1) is 10.7. The van der Waals surface area contributed by atoms with Gasteiger partial charge in [-0.25, -0.2) is 0 Å². The van der Waals surface area contributed by atoms with Crippen molar-refractivity contribution in [3.63, 3.8) is 0 Å². The molecule has 2 rings (SSSR count). The number of nitrogens with one attached hydrogen (secondary N) is 3. The summed E-state index contributed by atoms with van der Waals surface area (Å²) in [5.41, 5.74) is 1.31. The Balaban J connectivity index is 0.00000264. The van der Waals surface area contributed by atoms with Gasteiger partial charge in [-0.15, -0.1) is 23.7 Å². The van der Waals surface area contributed by atoms with E-state index in [0.29, 0.717) is 6.54 Å². The molecule has 0 fully saturated rings. The molecule has 1 aliphatic rings. The first kappa shape index (κ1) is 19.9. The third-order valence-corrected chi connectivity index (χ3v) is 4.92. The first-order valence-corrected chi connectivity index (χ1v) is 8.89. The second-order valence-electron chi connectivity index (χ2n) is 5.55. The van der Waals surface area contributed by atoms with Crippen LogP contribution < -0.4 is 16.0 Å². The number of carbonyl (C=O) groups excluding carboxylic acids is 2. The summed E-state index contributed by atoms with van der Waals surface area (Å²) in [6.07, 6.45) is 5.65. The zero-order valence-corrected chi connectivity index (χ0v) is 15.2. The topological polar surface area (TPSA) is 70.2 Å². The monoisotopic (exact) mass is 359 g/mol. The molecule has 0 radical (unpaired) electrons. The van der Waals surface area contributed by atoms with E-state index in [-0.39, 0.29) is 30.8 Å². The second-order valence-corrected chi connectivity index (χ2v) is 6.69. The maximum Gasteiger partial charge on any atom is 0.261 e. The molecule has 0 saturated carbocycles. The van der Waals surface area contributed by atoms with Crippen LogP contribution in [0.5, 0.6) is 0 Å². The lowest BCUT2D eigenvalue weighted by Gasteiger charge is -2.08. The van der Waals surface area contributed by atoms with Crippen molar-refractivity contribution in [2.24, 2.45) is 0 Å². The number of carbonyl (C=O) groups is 2. The van der Waals surface area contributed by atoms with Gasteiger partial charge in [0.1, 0.15) is 0 Å². The van der Waals surface area contributed by atoms with Crippen molar-refractivity contribution in [2.45, 2.75) is 39.0 Å². The normalized spacial score (nSPS) is 12.9. The Hall–Kier alpha value is -1.11. The molecule has 0 aromatic carbocycles. The number of hydrogen-bond acceptors (Lipinski definition) is 4. The molecule has 0 unspecified atom stereocenters. The summed E-state index contributed by atoms with van der Waals surface area (Å²) < 4.78 is 0. The van der Waals surface area contributed by atoms with Gasteiger partial charge in [0.2, 0.25) is 5.91 Å². The molecular formula is C16H26ClN3O2S. The summed E-state index contributed by atoms with van der Waals surface area (Å²) >= 11 is 1.57. The summed E-state index contributed by atoms with van der Waals surface area (Å²) in [4.78, 5) is 25.8. The van der Waals surface area contributed by atoms with Crippen LogP contribution in [0, 0.1) is 0 Å². The predicted molar refractivity (Wildman–Crippen MR) is 96.7 cm³/mol. The van der Waals surface area contributed by atoms with E-state index in [0.717, 1.165) is 37.2 Å². The predicted octanol–water partition coefficient (Wildman–Crippen LogP) is 1.89. The number of halogens is 1. The molecule has 1 heterocycles. The standard InChI is InChI=1S/C16H25N3O2S.ClH/c1-2-7-17-8-9-18-15(20)11-19-16(21)14-10-12-5-3-4-6-13(12)22-14;/h10,17H,2-9,11H2,1H3,(H,18,20)(H,19,21);1H. The number of rotatable bonds is 8. The zero-order valence-electron chi connectivity index (χ0n) is 13.6. The van der Waals surface area contributed by atoms with Gasteiger partial charge in [0, 0.05) is 18.0 Å². The summed E-state index contributed by atoms with van der Waals surface area (Å²) in [6, 6.07) is 1.99. The van der Waals surface area contributed by atoms with E-state index >= 15 is 0 Å². The summed E-state index contributed by atoms with van der Waals surface area (Å²) in [5.74, 6) is -0.286. The van der Waals surface area contributed by atoms with Crippen molar-refractivity contribution in [1.82, 2.24) is 16.0 Å². The lowest BCUT2D eigenvalue weighted by Crippen LogP contribution is -2.39. The summed E-state index contributed by atoms with van der Waals surface area (Å²) in [6.45, 7) is 4.43.